The molecule has 1 aromatic carbocycles. The third kappa shape index (κ3) is 5.13. The topological polar surface area (TPSA) is 55.5 Å². The van der Waals surface area contributed by atoms with Gasteiger partial charge in [0.15, 0.2) is 0 Å². The molecule has 1 saturated heterocycles. The minimum absolute atomic E-state index is 0.188. The fraction of sp³-hybridized carbons (Fsp3) is 0.647. The highest BCUT2D eigenvalue weighted by molar-refractivity contribution is 6.39. The molecule has 0 bridgehead atoms. The molecule has 1 heterocycles. The van der Waals surface area contributed by atoms with Crippen LogP contribution in [0.4, 0.5) is 0 Å². The Hall–Kier alpha value is -0.835. The molecule has 0 spiro atoms. The Bertz CT molecular complexity index is 401. The average molecular weight is 289 g/mol. The van der Waals surface area contributed by atoms with Crippen LogP contribution in [0.15, 0.2) is 30.3 Å². The van der Waals surface area contributed by atoms with Crippen molar-refractivity contribution in [3.8, 4) is 0 Å². The van der Waals surface area contributed by atoms with E-state index in [1.54, 1.807) is 0 Å². The summed E-state index contributed by atoms with van der Waals surface area (Å²) in [7, 11) is 1.03. The predicted octanol–water partition coefficient (Wildman–Crippen LogP) is 2.15. The van der Waals surface area contributed by atoms with Crippen LogP contribution in [0, 0.1) is 0 Å². The van der Waals surface area contributed by atoms with Crippen molar-refractivity contribution < 1.29 is 9.84 Å². The van der Waals surface area contributed by atoms with Gasteiger partial charge in [-0.05, 0) is 30.6 Å². The van der Waals surface area contributed by atoms with Crippen LogP contribution in [0.5, 0.6) is 0 Å². The number of unbranched alkanes of at least 4 members (excludes halogenated alkanes) is 1. The summed E-state index contributed by atoms with van der Waals surface area (Å²) >= 11 is 0. The fourth-order valence-electron chi connectivity index (χ4n) is 3.19. The molecule has 1 fully saturated rings. The molecule has 4 heteroatoms. The van der Waals surface area contributed by atoms with Crippen molar-refractivity contribution in [2.24, 2.45) is 5.73 Å². The lowest BCUT2D eigenvalue weighted by molar-refractivity contribution is 0.0515. The third-order valence-electron chi connectivity index (χ3n) is 4.51. The van der Waals surface area contributed by atoms with Crippen molar-refractivity contribution in [2.75, 3.05) is 6.61 Å². The summed E-state index contributed by atoms with van der Waals surface area (Å²) in [6.45, 7) is 3.02. The Morgan fingerprint density at radius 2 is 2.14 bits per heavy atom. The highest BCUT2D eigenvalue weighted by atomic mass is 16.5. The van der Waals surface area contributed by atoms with E-state index in [0.29, 0.717) is 6.10 Å². The smallest absolute Gasteiger partial charge is 0.130 e. The van der Waals surface area contributed by atoms with Crippen LogP contribution in [0.25, 0.3) is 0 Å². The van der Waals surface area contributed by atoms with Gasteiger partial charge in [0, 0.05) is 12.6 Å². The number of benzene rings is 1. The number of hydrogen-bond donors (Lipinski definition) is 2. The molecule has 21 heavy (non-hydrogen) atoms. The van der Waals surface area contributed by atoms with E-state index >= 15 is 0 Å². The van der Waals surface area contributed by atoms with Crippen molar-refractivity contribution >= 4 is 7.28 Å². The first-order valence-electron chi connectivity index (χ1n) is 8.30. The fourth-order valence-corrected chi connectivity index (χ4v) is 3.19. The van der Waals surface area contributed by atoms with Gasteiger partial charge in [0.1, 0.15) is 7.28 Å². The summed E-state index contributed by atoms with van der Waals surface area (Å²) in [6, 6.07) is 9.98. The maximum atomic E-state index is 10.5. The second kappa shape index (κ2) is 8.57. The predicted molar refractivity (Wildman–Crippen MR) is 89.1 cm³/mol. The normalized spacial score (nSPS) is 24.5. The van der Waals surface area contributed by atoms with Crippen LogP contribution in [0.2, 0.25) is 12.1 Å². The number of ether oxygens (including phenoxy) is 1. The monoisotopic (exact) mass is 289 g/mol. The quantitative estimate of drug-likeness (QED) is 0.569. The molecule has 3 nitrogen and oxygen atoms in total. The zero-order valence-corrected chi connectivity index (χ0v) is 13.1. The maximum absolute atomic E-state index is 10.5. The van der Waals surface area contributed by atoms with E-state index in [1.165, 1.54) is 12.0 Å². The van der Waals surface area contributed by atoms with E-state index < -0.39 is 6.10 Å². The standard InChI is InChI=1S/C17H28BNO2/c1-2-3-9-21-14-11-15(18-12-14)17(20)16(19)10-13-7-5-4-6-8-13/h4-8,14-18,20H,2-3,9-12,19H2,1H3/t14-,15-,16+,17-/m1/s1. The van der Waals surface area contributed by atoms with Crippen LogP contribution < -0.4 is 5.73 Å². The van der Waals surface area contributed by atoms with Crippen molar-refractivity contribution in [3.63, 3.8) is 0 Å². The van der Waals surface area contributed by atoms with Gasteiger partial charge < -0.3 is 15.6 Å². The second-order valence-corrected chi connectivity index (χ2v) is 6.26. The molecule has 3 N–H and O–H groups in total. The Morgan fingerprint density at radius 1 is 1.38 bits per heavy atom. The van der Waals surface area contributed by atoms with Crippen molar-refractivity contribution in [2.45, 2.75) is 63.0 Å². The van der Waals surface area contributed by atoms with E-state index in [0.717, 1.165) is 39.5 Å². The highest BCUT2D eigenvalue weighted by Gasteiger charge is 2.34. The minimum Gasteiger partial charge on any atom is -0.392 e. The molecule has 0 saturated carbocycles. The van der Waals surface area contributed by atoms with Crippen molar-refractivity contribution in [1.29, 1.82) is 0 Å². The van der Waals surface area contributed by atoms with Crippen LogP contribution in [0.1, 0.15) is 31.7 Å². The van der Waals surface area contributed by atoms with Crippen molar-refractivity contribution in [1.82, 2.24) is 0 Å². The Kier molecular flexibility index (Phi) is 6.75. The van der Waals surface area contributed by atoms with Crippen LogP contribution in [-0.2, 0) is 11.2 Å². The molecule has 1 aromatic rings. The summed E-state index contributed by atoms with van der Waals surface area (Å²) in [5, 5.41) is 10.5. The number of aliphatic hydroxyl groups is 1. The van der Waals surface area contributed by atoms with E-state index in [4.69, 9.17) is 10.5 Å². The van der Waals surface area contributed by atoms with Crippen LogP contribution in [-0.4, -0.2) is 37.2 Å². The second-order valence-electron chi connectivity index (χ2n) is 6.26. The van der Waals surface area contributed by atoms with Gasteiger partial charge in [0.25, 0.3) is 0 Å². The van der Waals surface area contributed by atoms with Crippen LogP contribution in [0.3, 0.4) is 0 Å². The number of nitrogens with two attached hydrogens (primary N) is 1. The average Bonchev–Trinajstić information content (AvgIpc) is 2.96. The van der Waals surface area contributed by atoms with Gasteiger partial charge in [-0.2, -0.15) is 0 Å². The molecule has 4 atom stereocenters. The van der Waals surface area contributed by atoms with Crippen LogP contribution >= 0.6 is 0 Å². The van der Waals surface area contributed by atoms with Gasteiger partial charge in [-0.3, -0.25) is 0 Å². The van der Waals surface area contributed by atoms with Crippen molar-refractivity contribution in [3.05, 3.63) is 35.9 Å². The van der Waals surface area contributed by atoms with Gasteiger partial charge in [-0.15, -0.1) is 0 Å². The molecule has 0 aromatic heterocycles. The Labute approximate surface area is 129 Å². The molecular formula is C17H28BNO2. The lowest BCUT2D eigenvalue weighted by Gasteiger charge is -2.24. The van der Waals surface area contributed by atoms with E-state index in [9.17, 15) is 5.11 Å². The molecular weight excluding hydrogens is 261 g/mol. The summed E-state index contributed by atoms with van der Waals surface area (Å²) in [5.74, 6) is 0.287. The molecule has 0 amide bonds. The molecule has 116 valence electrons. The van der Waals surface area contributed by atoms with Gasteiger partial charge in [0.2, 0.25) is 0 Å². The van der Waals surface area contributed by atoms with E-state index in [-0.39, 0.29) is 11.9 Å². The number of aliphatic hydroxyl groups excluding tert-OH is 1. The lowest BCUT2D eigenvalue weighted by atomic mass is 9.63. The SMILES string of the molecule is CCCCO[C@H]1CB[C@@H]([C@@H](O)[C@@H](N)Cc2ccccc2)C1. The molecule has 0 unspecified atom stereocenters. The first-order chi connectivity index (χ1) is 10.2. The molecule has 0 radical (unpaired) electrons. The molecule has 1 aliphatic heterocycles. The number of rotatable bonds is 8. The summed E-state index contributed by atoms with van der Waals surface area (Å²) in [6.07, 6.45) is 4.93. The molecule has 0 aliphatic carbocycles. The third-order valence-corrected chi connectivity index (χ3v) is 4.51. The highest BCUT2D eigenvalue weighted by Crippen LogP contribution is 2.31. The lowest BCUT2D eigenvalue weighted by Crippen LogP contribution is -2.40. The Balaban J connectivity index is 1.76. The Morgan fingerprint density at radius 3 is 2.86 bits per heavy atom. The van der Waals surface area contributed by atoms with Gasteiger partial charge in [-0.1, -0.05) is 50.0 Å². The van der Waals surface area contributed by atoms with Gasteiger partial charge >= 0.3 is 0 Å². The summed E-state index contributed by atoms with van der Waals surface area (Å²) in [4.78, 5) is 0. The maximum Gasteiger partial charge on any atom is 0.130 e. The zero-order valence-electron chi connectivity index (χ0n) is 13.1. The minimum atomic E-state index is -0.426. The van der Waals surface area contributed by atoms with E-state index in [1.807, 2.05) is 18.2 Å². The largest absolute Gasteiger partial charge is 0.392 e. The van der Waals surface area contributed by atoms with E-state index in [2.05, 4.69) is 19.1 Å². The summed E-state index contributed by atoms with van der Waals surface area (Å²) < 4.78 is 5.87. The molecule has 1 aliphatic rings. The zero-order chi connectivity index (χ0) is 15.1. The first-order valence-corrected chi connectivity index (χ1v) is 8.30. The van der Waals surface area contributed by atoms with Gasteiger partial charge in [-0.25, -0.2) is 0 Å². The molecule has 2 rings (SSSR count). The number of hydrogen-bond acceptors (Lipinski definition) is 3. The first kappa shape index (κ1) is 16.5. The van der Waals surface area contributed by atoms with Gasteiger partial charge in [0.05, 0.1) is 12.2 Å². The summed E-state index contributed by atoms with van der Waals surface area (Å²) in [5.41, 5.74) is 7.40.